The standard InChI is InChI=1S/C10H11N3O/c1-14-10-5-2-4-9(12-10)8-13-7-3-6-11-13/h2-7H,8H2,1H3. The maximum atomic E-state index is 5.03. The first-order chi connectivity index (χ1) is 6.88. The van der Waals surface area contributed by atoms with Crippen molar-refractivity contribution in [2.75, 3.05) is 7.11 Å². The van der Waals surface area contributed by atoms with Crippen molar-refractivity contribution in [3.63, 3.8) is 0 Å². The number of methoxy groups -OCH3 is 1. The summed E-state index contributed by atoms with van der Waals surface area (Å²) in [6, 6.07) is 7.58. The highest BCUT2D eigenvalue weighted by Gasteiger charge is 1.98. The SMILES string of the molecule is COc1cccc(Cn2cccn2)n1. The quantitative estimate of drug-likeness (QED) is 0.731. The Morgan fingerprint density at radius 1 is 1.36 bits per heavy atom. The lowest BCUT2D eigenvalue weighted by molar-refractivity contribution is 0.395. The number of aromatic nitrogens is 3. The number of hydrogen-bond donors (Lipinski definition) is 0. The van der Waals surface area contributed by atoms with Crippen LogP contribution >= 0.6 is 0 Å². The normalized spacial score (nSPS) is 10.1. The predicted molar refractivity (Wildman–Crippen MR) is 52.1 cm³/mol. The van der Waals surface area contributed by atoms with Crippen LogP contribution in [0, 0.1) is 0 Å². The molecule has 0 spiro atoms. The topological polar surface area (TPSA) is 39.9 Å². The Bertz CT molecular complexity index is 398. The van der Waals surface area contributed by atoms with Gasteiger partial charge in [0.1, 0.15) is 0 Å². The lowest BCUT2D eigenvalue weighted by atomic mass is 10.3. The molecule has 0 unspecified atom stereocenters. The van der Waals surface area contributed by atoms with E-state index in [0.29, 0.717) is 12.4 Å². The van der Waals surface area contributed by atoms with Crippen LogP contribution in [0.3, 0.4) is 0 Å². The van der Waals surface area contributed by atoms with Gasteiger partial charge in [0.15, 0.2) is 0 Å². The van der Waals surface area contributed by atoms with Crippen molar-refractivity contribution in [2.24, 2.45) is 0 Å². The van der Waals surface area contributed by atoms with E-state index in [-0.39, 0.29) is 0 Å². The molecule has 2 heterocycles. The van der Waals surface area contributed by atoms with Crippen molar-refractivity contribution < 1.29 is 4.74 Å². The molecule has 0 N–H and O–H groups in total. The van der Waals surface area contributed by atoms with E-state index in [2.05, 4.69) is 10.1 Å². The summed E-state index contributed by atoms with van der Waals surface area (Å²) in [5, 5.41) is 4.10. The van der Waals surface area contributed by atoms with Crippen LogP contribution in [0.25, 0.3) is 0 Å². The van der Waals surface area contributed by atoms with Gasteiger partial charge in [-0.3, -0.25) is 4.68 Å². The number of nitrogens with zero attached hydrogens (tertiary/aromatic N) is 3. The molecular formula is C10H11N3O. The Labute approximate surface area is 82.2 Å². The van der Waals surface area contributed by atoms with E-state index < -0.39 is 0 Å². The molecule has 0 aliphatic carbocycles. The zero-order valence-electron chi connectivity index (χ0n) is 7.92. The highest BCUT2D eigenvalue weighted by Crippen LogP contribution is 2.07. The third-order valence-electron chi connectivity index (χ3n) is 1.87. The maximum absolute atomic E-state index is 5.03. The van der Waals surface area contributed by atoms with Crippen molar-refractivity contribution in [2.45, 2.75) is 6.54 Å². The highest BCUT2D eigenvalue weighted by atomic mass is 16.5. The zero-order chi connectivity index (χ0) is 9.80. The molecule has 4 heteroatoms. The van der Waals surface area contributed by atoms with Crippen molar-refractivity contribution >= 4 is 0 Å². The Morgan fingerprint density at radius 2 is 2.29 bits per heavy atom. The summed E-state index contributed by atoms with van der Waals surface area (Å²) in [5.74, 6) is 0.634. The summed E-state index contributed by atoms with van der Waals surface area (Å²) in [7, 11) is 1.61. The van der Waals surface area contributed by atoms with Crippen LogP contribution in [0.5, 0.6) is 5.88 Å². The minimum Gasteiger partial charge on any atom is -0.481 e. The summed E-state index contributed by atoms with van der Waals surface area (Å²) in [6.45, 7) is 0.671. The molecule has 0 saturated carbocycles. The molecular weight excluding hydrogens is 178 g/mol. The van der Waals surface area contributed by atoms with Gasteiger partial charge in [0.25, 0.3) is 0 Å². The third-order valence-corrected chi connectivity index (χ3v) is 1.87. The van der Waals surface area contributed by atoms with Crippen LogP contribution in [-0.4, -0.2) is 21.9 Å². The second-order valence-corrected chi connectivity index (χ2v) is 2.87. The van der Waals surface area contributed by atoms with E-state index in [4.69, 9.17) is 4.74 Å². The maximum Gasteiger partial charge on any atom is 0.213 e. The Hall–Kier alpha value is -1.84. The molecule has 0 aromatic carbocycles. The summed E-state index contributed by atoms with van der Waals surface area (Å²) in [4.78, 5) is 4.28. The molecule has 0 bridgehead atoms. The van der Waals surface area contributed by atoms with Gasteiger partial charge in [-0.25, -0.2) is 4.98 Å². The molecule has 14 heavy (non-hydrogen) atoms. The van der Waals surface area contributed by atoms with Crippen LogP contribution in [0.1, 0.15) is 5.69 Å². The van der Waals surface area contributed by atoms with Crippen LogP contribution in [-0.2, 0) is 6.54 Å². The molecule has 0 amide bonds. The van der Waals surface area contributed by atoms with Crippen LogP contribution in [0.2, 0.25) is 0 Å². The van der Waals surface area contributed by atoms with Gasteiger partial charge < -0.3 is 4.74 Å². The molecule has 0 fully saturated rings. The van der Waals surface area contributed by atoms with Gasteiger partial charge in [-0.2, -0.15) is 5.10 Å². The van der Waals surface area contributed by atoms with Crippen LogP contribution in [0.4, 0.5) is 0 Å². The smallest absolute Gasteiger partial charge is 0.213 e. The lowest BCUT2D eigenvalue weighted by Crippen LogP contribution is -2.02. The zero-order valence-corrected chi connectivity index (χ0v) is 7.92. The monoisotopic (exact) mass is 189 g/mol. The minimum absolute atomic E-state index is 0.634. The van der Waals surface area contributed by atoms with Crippen molar-refractivity contribution in [3.05, 3.63) is 42.4 Å². The first-order valence-corrected chi connectivity index (χ1v) is 4.36. The van der Waals surface area contributed by atoms with Gasteiger partial charge in [-0.05, 0) is 12.1 Å². The predicted octanol–water partition coefficient (Wildman–Crippen LogP) is 1.33. The van der Waals surface area contributed by atoms with Crippen LogP contribution in [0.15, 0.2) is 36.7 Å². The number of hydrogen-bond acceptors (Lipinski definition) is 3. The van der Waals surface area contributed by atoms with E-state index in [1.165, 1.54) is 0 Å². The molecule has 0 aliphatic rings. The molecule has 2 aromatic heterocycles. The highest BCUT2D eigenvalue weighted by molar-refractivity contribution is 5.15. The van der Waals surface area contributed by atoms with Gasteiger partial charge in [0.2, 0.25) is 5.88 Å². The summed E-state index contributed by atoms with van der Waals surface area (Å²) < 4.78 is 6.85. The fourth-order valence-corrected chi connectivity index (χ4v) is 1.22. The summed E-state index contributed by atoms with van der Waals surface area (Å²) in [5.41, 5.74) is 0.938. The van der Waals surface area contributed by atoms with E-state index in [0.717, 1.165) is 5.69 Å². The van der Waals surface area contributed by atoms with E-state index in [1.54, 1.807) is 13.3 Å². The van der Waals surface area contributed by atoms with Crippen molar-refractivity contribution in [1.82, 2.24) is 14.8 Å². The molecule has 72 valence electrons. The fraction of sp³-hybridized carbons (Fsp3) is 0.200. The van der Waals surface area contributed by atoms with Gasteiger partial charge >= 0.3 is 0 Å². The first-order valence-electron chi connectivity index (χ1n) is 4.36. The Kier molecular flexibility index (Phi) is 2.44. The third kappa shape index (κ3) is 1.90. The molecule has 0 radical (unpaired) electrons. The minimum atomic E-state index is 0.634. The van der Waals surface area contributed by atoms with Gasteiger partial charge in [0.05, 0.1) is 19.3 Å². The average Bonchev–Trinajstić information content (AvgIpc) is 2.71. The van der Waals surface area contributed by atoms with Gasteiger partial charge in [-0.1, -0.05) is 6.07 Å². The molecule has 0 saturated heterocycles. The summed E-state index contributed by atoms with van der Waals surface area (Å²) >= 11 is 0. The molecule has 0 atom stereocenters. The average molecular weight is 189 g/mol. The van der Waals surface area contributed by atoms with Gasteiger partial charge in [0, 0.05) is 18.5 Å². The largest absolute Gasteiger partial charge is 0.481 e. The Balaban J connectivity index is 2.17. The van der Waals surface area contributed by atoms with Crippen molar-refractivity contribution in [1.29, 1.82) is 0 Å². The Morgan fingerprint density at radius 3 is 3.00 bits per heavy atom. The number of rotatable bonds is 3. The lowest BCUT2D eigenvalue weighted by Gasteiger charge is -2.03. The van der Waals surface area contributed by atoms with Crippen molar-refractivity contribution in [3.8, 4) is 5.88 Å². The number of pyridine rings is 1. The first kappa shape index (κ1) is 8.74. The van der Waals surface area contributed by atoms with E-state index >= 15 is 0 Å². The van der Waals surface area contributed by atoms with E-state index in [9.17, 15) is 0 Å². The second-order valence-electron chi connectivity index (χ2n) is 2.87. The van der Waals surface area contributed by atoms with Crippen LogP contribution < -0.4 is 4.74 Å². The number of ether oxygens (including phenoxy) is 1. The second kappa shape index (κ2) is 3.91. The van der Waals surface area contributed by atoms with E-state index in [1.807, 2.05) is 35.1 Å². The molecule has 2 rings (SSSR count). The molecule has 4 nitrogen and oxygen atoms in total. The van der Waals surface area contributed by atoms with Gasteiger partial charge in [-0.15, -0.1) is 0 Å². The molecule has 2 aromatic rings. The molecule has 0 aliphatic heterocycles. The summed E-state index contributed by atoms with van der Waals surface area (Å²) in [6.07, 6.45) is 3.65. The fourth-order valence-electron chi connectivity index (χ4n) is 1.22.